The van der Waals surface area contributed by atoms with Crippen LogP contribution in [0.1, 0.15) is 17.5 Å². The summed E-state index contributed by atoms with van der Waals surface area (Å²) in [5, 5.41) is 2.62. The summed E-state index contributed by atoms with van der Waals surface area (Å²) in [7, 11) is -2.13. The van der Waals surface area contributed by atoms with Crippen molar-refractivity contribution in [2.24, 2.45) is 0 Å². The molecule has 0 aliphatic heterocycles. The van der Waals surface area contributed by atoms with Gasteiger partial charge in [0.15, 0.2) is 5.76 Å². The fourth-order valence-electron chi connectivity index (χ4n) is 1.93. The van der Waals surface area contributed by atoms with Gasteiger partial charge in [0.25, 0.3) is 5.91 Å². The van der Waals surface area contributed by atoms with Crippen molar-refractivity contribution in [2.45, 2.75) is 17.9 Å². The van der Waals surface area contributed by atoms with Crippen LogP contribution in [-0.2, 0) is 14.8 Å². The van der Waals surface area contributed by atoms with Gasteiger partial charge in [-0.05, 0) is 43.3 Å². The molecule has 8 heteroatoms. The van der Waals surface area contributed by atoms with Crippen LogP contribution in [0.25, 0.3) is 0 Å². The molecule has 2 N–H and O–H groups in total. The topological polar surface area (TPSA) is 97.6 Å². The number of anilines is 1. The molecule has 1 unspecified atom stereocenters. The smallest absolute Gasteiger partial charge is 0.291 e. The average molecular weight is 338 g/mol. The van der Waals surface area contributed by atoms with E-state index in [1.807, 2.05) is 0 Å². The minimum Gasteiger partial charge on any atom is -0.459 e. The average Bonchev–Trinajstić information content (AvgIpc) is 3.01. The van der Waals surface area contributed by atoms with Crippen LogP contribution in [0.5, 0.6) is 0 Å². The number of amides is 1. The van der Waals surface area contributed by atoms with Crippen LogP contribution in [0.3, 0.4) is 0 Å². The van der Waals surface area contributed by atoms with Crippen molar-refractivity contribution < 1.29 is 22.4 Å². The third-order valence-electron chi connectivity index (χ3n) is 2.94. The van der Waals surface area contributed by atoms with E-state index in [0.29, 0.717) is 5.69 Å². The molecule has 0 fully saturated rings. The molecule has 1 aromatic carbocycles. The number of furan rings is 1. The van der Waals surface area contributed by atoms with Crippen LogP contribution in [0.15, 0.2) is 52.0 Å². The summed E-state index contributed by atoms with van der Waals surface area (Å²) in [6.45, 7) is 1.98. The Hall–Kier alpha value is -2.16. The van der Waals surface area contributed by atoms with Gasteiger partial charge in [-0.2, -0.15) is 0 Å². The Morgan fingerprint density at radius 1 is 1.26 bits per heavy atom. The van der Waals surface area contributed by atoms with E-state index >= 15 is 0 Å². The Labute approximate surface area is 134 Å². The Morgan fingerprint density at radius 2 is 1.96 bits per heavy atom. The molecule has 1 atom stereocenters. The lowest BCUT2D eigenvalue weighted by molar-refractivity contribution is 0.0996. The van der Waals surface area contributed by atoms with Crippen LogP contribution in [0, 0.1) is 0 Å². The van der Waals surface area contributed by atoms with Crippen LogP contribution in [0.2, 0.25) is 0 Å². The summed E-state index contributed by atoms with van der Waals surface area (Å²) >= 11 is 0. The number of hydrogen-bond acceptors (Lipinski definition) is 5. The molecule has 1 heterocycles. The molecule has 0 saturated carbocycles. The van der Waals surface area contributed by atoms with Crippen molar-refractivity contribution in [1.82, 2.24) is 4.72 Å². The maximum absolute atomic E-state index is 12.2. The SMILES string of the molecule is COCC(C)NS(=O)(=O)c1ccc(NC(=O)c2ccco2)cc1. The largest absolute Gasteiger partial charge is 0.459 e. The van der Waals surface area contributed by atoms with Gasteiger partial charge in [-0.25, -0.2) is 13.1 Å². The first-order valence-electron chi connectivity index (χ1n) is 6.88. The third-order valence-corrected chi connectivity index (χ3v) is 4.55. The molecular formula is C15H18N2O5S. The molecule has 124 valence electrons. The Balaban J connectivity index is 2.05. The number of rotatable bonds is 7. The number of carbonyl (C=O) groups is 1. The van der Waals surface area contributed by atoms with E-state index < -0.39 is 15.9 Å². The van der Waals surface area contributed by atoms with Crippen molar-refractivity contribution in [3.8, 4) is 0 Å². The second-order valence-corrected chi connectivity index (χ2v) is 6.65. The zero-order chi connectivity index (χ0) is 16.9. The van der Waals surface area contributed by atoms with Gasteiger partial charge in [0.05, 0.1) is 17.8 Å². The standard InChI is InChI=1S/C15H18N2O5S/c1-11(10-21-2)17-23(19,20)13-7-5-12(6-8-13)16-15(18)14-4-3-9-22-14/h3-9,11,17H,10H2,1-2H3,(H,16,18). The molecule has 1 amide bonds. The molecule has 0 radical (unpaired) electrons. The predicted octanol–water partition coefficient (Wildman–Crippen LogP) is 1.85. The summed E-state index contributed by atoms with van der Waals surface area (Å²) in [6.07, 6.45) is 1.40. The van der Waals surface area contributed by atoms with Crippen molar-refractivity contribution in [2.75, 3.05) is 19.0 Å². The summed E-state index contributed by atoms with van der Waals surface area (Å²) < 4.78 is 36.7. The quantitative estimate of drug-likeness (QED) is 0.803. The fraction of sp³-hybridized carbons (Fsp3) is 0.267. The Bertz CT molecular complexity index is 739. The van der Waals surface area contributed by atoms with Crippen molar-refractivity contribution in [3.05, 3.63) is 48.4 Å². The molecule has 2 aromatic rings. The van der Waals surface area contributed by atoms with E-state index in [9.17, 15) is 13.2 Å². The van der Waals surface area contributed by atoms with E-state index in [2.05, 4.69) is 10.0 Å². The van der Waals surface area contributed by atoms with Gasteiger partial charge in [0, 0.05) is 18.8 Å². The lowest BCUT2D eigenvalue weighted by Crippen LogP contribution is -2.35. The summed E-state index contributed by atoms with van der Waals surface area (Å²) in [4.78, 5) is 11.9. The number of ether oxygens (including phenoxy) is 1. The van der Waals surface area contributed by atoms with Gasteiger partial charge in [-0.1, -0.05) is 0 Å². The number of benzene rings is 1. The molecule has 0 aliphatic rings. The normalized spacial score (nSPS) is 12.8. The van der Waals surface area contributed by atoms with Crippen molar-refractivity contribution in [1.29, 1.82) is 0 Å². The molecular weight excluding hydrogens is 320 g/mol. The fourth-order valence-corrected chi connectivity index (χ4v) is 3.16. The summed E-state index contributed by atoms with van der Waals surface area (Å²) in [5.74, 6) is -0.228. The first-order chi connectivity index (χ1) is 10.9. The maximum atomic E-state index is 12.2. The van der Waals surface area contributed by atoms with Gasteiger partial charge >= 0.3 is 0 Å². The molecule has 0 aliphatic carbocycles. The van der Waals surface area contributed by atoms with Crippen LogP contribution in [-0.4, -0.2) is 34.1 Å². The number of hydrogen-bond donors (Lipinski definition) is 2. The van der Waals surface area contributed by atoms with Crippen LogP contribution in [0.4, 0.5) is 5.69 Å². The third kappa shape index (κ3) is 4.65. The number of sulfonamides is 1. The molecule has 2 rings (SSSR count). The number of methoxy groups -OCH3 is 1. The number of nitrogens with one attached hydrogen (secondary N) is 2. The summed E-state index contributed by atoms with van der Waals surface area (Å²) in [5.41, 5.74) is 0.468. The Morgan fingerprint density at radius 3 is 2.52 bits per heavy atom. The van der Waals surface area contributed by atoms with Gasteiger partial charge in [-0.15, -0.1) is 0 Å². The highest BCUT2D eigenvalue weighted by Gasteiger charge is 2.17. The Kier molecular flexibility index (Phi) is 5.54. The van der Waals surface area contributed by atoms with Gasteiger partial charge in [-0.3, -0.25) is 4.79 Å². The molecule has 1 aromatic heterocycles. The minimum atomic E-state index is -3.63. The lowest BCUT2D eigenvalue weighted by atomic mass is 10.3. The van der Waals surface area contributed by atoms with Gasteiger partial charge < -0.3 is 14.5 Å². The number of carbonyl (C=O) groups excluding carboxylic acids is 1. The zero-order valence-corrected chi connectivity index (χ0v) is 13.6. The molecule has 23 heavy (non-hydrogen) atoms. The molecule has 0 spiro atoms. The van der Waals surface area contributed by atoms with E-state index in [0.717, 1.165) is 0 Å². The predicted molar refractivity (Wildman–Crippen MR) is 84.8 cm³/mol. The van der Waals surface area contributed by atoms with Crippen LogP contribution >= 0.6 is 0 Å². The minimum absolute atomic E-state index is 0.108. The summed E-state index contributed by atoms with van der Waals surface area (Å²) in [6, 6.07) is 8.65. The van der Waals surface area contributed by atoms with Crippen molar-refractivity contribution in [3.63, 3.8) is 0 Å². The van der Waals surface area contributed by atoms with Gasteiger partial charge in [0.2, 0.25) is 10.0 Å². The lowest BCUT2D eigenvalue weighted by Gasteiger charge is -2.13. The van der Waals surface area contributed by atoms with Crippen molar-refractivity contribution >= 4 is 21.6 Å². The van der Waals surface area contributed by atoms with E-state index in [-0.39, 0.29) is 23.3 Å². The molecule has 0 saturated heterocycles. The highest BCUT2D eigenvalue weighted by atomic mass is 32.2. The zero-order valence-electron chi connectivity index (χ0n) is 12.8. The molecule has 0 bridgehead atoms. The van der Waals surface area contributed by atoms with Crippen LogP contribution < -0.4 is 10.0 Å². The maximum Gasteiger partial charge on any atom is 0.291 e. The molecule has 7 nitrogen and oxygen atoms in total. The van der Waals surface area contributed by atoms with E-state index in [1.54, 1.807) is 13.0 Å². The first-order valence-corrected chi connectivity index (χ1v) is 8.37. The second-order valence-electron chi connectivity index (χ2n) is 4.93. The van der Waals surface area contributed by atoms with E-state index in [4.69, 9.17) is 9.15 Å². The van der Waals surface area contributed by atoms with Gasteiger partial charge in [0.1, 0.15) is 0 Å². The highest BCUT2D eigenvalue weighted by molar-refractivity contribution is 7.89. The second kappa shape index (κ2) is 7.40. The first kappa shape index (κ1) is 17.2. The highest BCUT2D eigenvalue weighted by Crippen LogP contribution is 2.15. The van der Waals surface area contributed by atoms with E-state index in [1.165, 1.54) is 43.7 Å². The monoisotopic (exact) mass is 338 g/mol.